The van der Waals surface area contributed by atoms with Crippen molar-refractivity contribution in [3.05, 3.63) is 29.8 Å². The second-order valence-electron chi connectivity index (χ2n) is 6.91. The summed E-state index contributed by atoms with van der Waals surface area (Å²) < 4.78 is 31.3. The van der Waals surface area contributed by atoms with Crippen molar-refractivity contribution in [3.8, 4) is 0 Å². The Labute approximate surface area is 165 Å². The zero-order chi connectivity index (χ0) is 20.1. The number of amides is 1. The van der Waals surface area contributed by atoms with Crippen LogP contribution in [0.4, 0.5) is 0 Å². The number of nitrogens with zero attached hydrogens (tertiary/aromatic N) is 2. The molecule has 1 N–H and O–H groups in total. The lowest BCUT2D eigenvalue weighted by Crippen LogP contribution is -2.40. The van der Waals surface area contributed by atoms with Crippen LogP contribution in [0.25, 0.3) is 0 Å². The number of carbonyl (C=O) groups is 2. The summed E-state index contributed by atoms with van der Waals surface area (Å²) >= 11 is 0. The van der Waals surface area contributed by atoms with Gasteiger partial charge in [-0.3, -0.25) is 14.5 Å². The number of sulfonamides is 1. The van der Waals surface area contributed by atoms with E-state index in [1.807, 2.05) is 0 Å². The van der Waals surface area contributed by atoms with Crippen molar-refractivity contribution in [1.29, 1.82) is 0 Å². The van der Waals surface area contributed by atoms with Crippen molar-refractivity contribution in [2.24, 2.45) is 4.99 Å². The zero-order valence-electron chi connectivity index (χ0n) is 15.9. The van der Waals surface area contributed by atoms with Crippen molar-refractivity contribution in [2.75, 3.05) is 20.2 Å². The summed E-state index contributed by atoms with van der Waals surface area (Å²) in [5.74, 6) is 0.0160. The molecule has 28 heavy (non-hydrogen) atoms. The maximum absolute atomic E-state index is 12.3. The lowest BCUT2D eigenvalue weighted by molar-refractivity contribution is -0.151. The summed E-state index contributed by atoms with van der Waals surface area (Å²) in [6, 6.07) is 6.31. The topological polar surface area (TPSA) is 105 Å². The predicted octanol–water partition coefficient (Wildman–Crippen LogP) is 1.45. The second-order valence-corrected chi connectivity index (χ2v) is 8.56. The highest BCUT2D eigenvalue weighted by molar-refractivity contribution is 7.90. The number of amidine groups is 1. The number of hydrogen-bond donors (Lipinski definition) is 1. The van der Waals surface area contributed by atoms with Crippen molar-refractivity contribution in [2.45, 2.75) is 49.5 Å². The van der Waals surface area contributed by atoms with E-state index in [1.165, 1.54) is 7.11 Å². The minimum Gasteiger partial charge on any atom is -0.467 e. The molecule has 9 heteroatoms. The summed E-state index contributed by atoms with van der Waals surface area (Å²) in [7, 11) is -2.17. The van der Waals surface area contributed by atoms with Crippen molar-refractivity contribution in [3.63, 3.8) is 0 Å². The third kappa shape index (κ3) is 4.35. The maximum atomic E-state index is 12.3. The SMILES string of the molecule is COC(=O)C1CCCN1C(=O)CCCCCN=C1NS(=O)(=O)c2ccccc21. The van der Waals surface area contributed by atoms with E-state index in [4.69, 9.17) is 4.74 Å². The van der Waals surface area contributed by atoms with E-state index in [0.29, 0.717) is 43.8 Å². The number of aliphatic imine (C=N–C) groups is 1. The predicted molar refractivity (Wildman–Crippen MR) is 103 cm³/mol. The van der Waals surface area contributed by atoms with Crippen molar-refractivity contribution >= 4 is 27.7 Å². The molecule has 2 aliphatic rings. The average molecular weight is 407 g/mol. The van der Waals surface area contributed by atoms with Crippen molar-refractivity contribution in [1.82, 2.24) is 9.62 Å². The standard InChI is InChI=1S/C19H25N3O5S/c1-27-19(24)15-9-7-13-22(15)17(23)11-3-2-6-12-20-18-14-8-4-5-10-16(14)28(25,26)21-18/h4-5,8,10,15H,2-3,6-7,9,11-13H2,1H3,(H,20,21). The van der Waals surface area contributed by atoms with Gasteiger partial charge in [0.15, 0.2) is 0 Å². The van der Waals surface area contributed by atoms with Gasteiger partial charge in [0.25, 0.3) is 10.0 Å². The monoisotopic (exact) mass is 407 g/mol. The molecule has 1 saturated heterocycles. The Kier molecular flexibility index (Phi) is 6.33. The van der Waals surface area contributed by atoms with Crippen LogP contribution >= 0.6 is 0 Å². The Bertz CT molecular complexity index is 881. The lowest BCUT2D eigenvalue weighted by atomic mass is 10.1. The van der Waals surface area contributed by atoms with E-state index in [9.17, 15) is 18.0 Å². The normalized spacial score (nSPS) is 21.4. The van der Waals surface area contributed by atoms with Crippen LogP contribution in [0, 0.1) is 0 Å². The molecule has 0 spiro atoms. The molecule has 0 saturated carbocycles. The number of likely N-dealkylation sites (tertiary alicyclic amines) is 1. The Hall–Kier alpha value is -2.42. The second kappa shape index (κ2) is 8.72. The molecular formula is C19H25N3O5S. The van der Waals surface area contributed by atoms with E-state index in [2.05, 4.69) is 9.71 Å². The van der Waals surface area contributed by atoms with Gasteiger partial charge in [-0.25, -0.2) is 13.2 Å². The molecule has 1 unspecified atom stereocenters. The number of hydrogen-bond acceptors (Lipinski definition) is 6. The number of ether oxygens (including phenoxy) is 1. The molecule has 1 atom stereocenters. The van der Waals surface area contributed by atoms with Gasteiger partial charge < -0.3 is 9.64 Å². The van der Waals surface area contributed by atoms with Crippen LogP contribution in [-0.2, 0) is 24.3 Å². The van der Waals surface area contributed by atoms with Crippen LogP contribution in [0.5, 0.6) is 0 Å². The minimum atomic E-state index is -3.51. The number of methoxy groups -OCH3 is 1. The molecular weight excluding hydrogens is 382 g/mol. The molecule has 1 aromatic carbocycles. The number of fused-ring (bicyclic) bond motifs is 1. The first kappa shape index (κ1) is 20.3. The van der Waals surface area contributed by atoms with Crippen molar-refractivity contribution < 1.29 is 22.7 Å². The Morgan fingerprint density at radius 2 is 2.04 bits per heavy atom. The van der Waals surface area contributed by atoms with E-state index < -0.39 is 16.1 Å². The van der Waals surface area contributed by atoms with Gasteiger partial charge >= 0.3 is 5.97 Å². The third-order valence-electron chi connectivity index (χ3n) is 5.03. The van der Waals surface area contributed by atoms with Crippen LogP contribution in [0.3, 0.4) is 0 Å². The molecule has 2 heterocycles. The number of carbonyl (C=O) groups excluding carboxylic acids is 2. The molecule has 8 nitrogen and oxygen atoms in total. The van der Waals surface area contributed by atoms with Crippen LogP contribution < -0.4 is 4.72 Å². The number of esters is 1. The summed E-state index contributed by atoms with van der Waals surface area (Å²) in [6.07, 6.45) is 4.12. The summed E-state index contributed by atoms with van der Waals surface area (Å²) in [4.78, 5) is 30.3. The van der Waals surface area contributed by atoms with Gasteiger partial charge in [0.05, 0.1) is 12.0 Å². The number of nitrogens with one attached hydrogen (secondary N) is 1. The van der Waals surface area contributed by atoms with Crippen LogP contribution in [-0.4, -0.2) is 57.3 Å². The highest BCUT2D eigenvalue weighted by Gasteiger charge is 2.34. The van der Waals surface area contributed by atoms with Crippen LogP contribution in [0.15, 0.2) is 34.2 Å². The molecule has 3 rings (SSSR count). The van der Waals surface area contributed by atoms with Gasteiger partial charge in [-0.1, -0.05) is 18.6 Å². The summed E-state index contributed by atoms with van der Waals surface area (Å²) in [5.41, 5.74) is 0.598. The smallest absolute Gasteiger partial charge is 0.328 e. The summed E-state index contributed by atoms with van der Waals surface area (Å²) in [5, 5.41) is 0. The highest BCUT2D eigenvalue weighted by atomic mass is 32.2. The largest absolute Gasteiger partial charge is 0.467 e. The molecule has 0 aromatic heterocycles. The minimum absolute atomic E-state index is 0.0169. The van der Waals surface area contributed by atoms with Gasteiger partial charge in [-0.05, 0) is 37.8 Å². The fourth-order valence-electron chi connectivity index (χ4n) is 3.60. The molecule has 1 aromatic rings. The fourth-order valence-corrected chi connectivity index (χ4v) is 4.85. The van der Waals surface area contributed by atoms with E-state index in [1.54, 1.807) is 29.2 Å². The molecule has 1 fully saturated rings. The van der Waals surface area contributed by atoms with Gasteiger partial charge in [0.1, 0.15) is 11.9 Å². The fraction of sp³-hybridized carbons (Fsp3) is 0.526. The number of rotatable bonds is 7. The van der Waals surface area contributed by atoms with Crippen LogP contribution in [0.2, 0.25) is 0 Å². The molecule has 152 valence electrons. The molecule has 2 aliphatic heterocycles. The Morgan fingerprint density at radius 3 is 2.82 bits per heavy atom. The van der Waals surface area contributed by atoms with Crippen LogP contribution in [0.1, 0.15) is 44.1 Å². The average Bonchev–Trinajstić information content (AvgIpc) is 3.27. The van der Waals surface area contributed by atoms with E-state index in [0.717, 1.165) is 19.3 Å². The van der Waals surface area contributed by atoms with Gasteiger partial charge in [0.2, 0.25) is 5.91 Å². The molecule has 0 aliphatic carbocycles. The number of benzene rings is 1. The van der Waals surface area contributed by atoms with Gasteiger partial charge in [-0.15, -0.1) is 0 Å². The van der Waals surface area contributed by atoms with Gasteiger partial charge in [0, 0.05) is 25.1 Å². The number of unbranched alkanes of at least 4 members (excludes halogenated alkanes) is 2. The Balaban J connectivity index is 1.43. The lowest BCUT2D eigenvalue weighted by Gasteiger charge is -2.22. The zero-order valence-corrected chi connectivity index (χ0v) is 16.7. The van der Waals surface area contributed by atoms with E-state index in [-0.39, 0.29) is 16.8 Å². The third-order valence-corrected chi connectivity index (χ3v) is 6.42. The molecule has 1 amide bonds. The first-order chi connectivity index (χ1) is 13.4. The molecule has 0 radical (unpaired) electrons. The van der Waals surface area contributed by atoms with E-state index >= 15 is 0 Å². The first-order valence-corrected chi connectivity index (χ1v) is 11.0. The maximum Gasteiger partial charge on any atom is 0.328 e. The summed E-state index contributed by atoms with van der Waals surface area (Å²) in [6.45, 7) is 1.08. The quantitative estimate of drug-likeness (QED) is 0.544. The van der Waals surface area contributed by atoms with Gasteiger partial charge in [-0.2, -0.15) is 0 Å². The highest BCUT2D eigenvalue weighted by Crippen LogP contribution is 2.22. The Morgan fingerprint density at radius 1 is 1.25 bits per heavy atom. The first-order valence-electron chi connectivity index (χ1n) is 9.48. The molecule has 0 bridgehead atoms.